The molecule has 0 aliphatic carbocycles. The highest BCUT2D eigenvalue weighted by Crippen LogP contribution is 2.25. The Morgan fingerprint density at radius 3 is 2.95 bits per heavy atom. The number of rotatable bonds is 6. The van der Waals surface area contributed by atoms with Crippen molar-refractivity contribution in [3.8, 4) is 5.75 Å². The molecule has 0 saturated heterocycles. The molecule has 8 heteroatoms. The zero-order chi connectivity index (χ0) is 16.1. The molecule has 0 aliphatic rings. The zero-order valence-electron chi connectivity index (χ0n) is 12.2. The number of halogens is 2. The lowest BCUT2D eigenvalue weighted by Crippen LogP contribution is -2.38. The summed E-state index contributed by atoms with van der Waals surface area (Å²) in [5.41, 5.74) is 0. The number of benzene rings is 1. The third-order valence-electron chi connectivity index (χ3n) is 3.03. The molecule has 0 unspecified atom stereocenters. The molecule has 0 radical (unpaired) electrons. The van der Waals surface area contributed by atoms with E-state index in [-0.39, 0.29) is 16.7 Å². The summed E-state index contributed by atoms with van der Waals surface area (Å²) in [4.78, 5) is 11.9. The maximum Gasteiger partial charge on any atom is 0.260 e. The van der Waals surface area contributed by atoms with Crippen molar-refractivity contribution in [1.82, 2.24) is 20.1 Å². The topological polar surface area (TPSA) is 69.0 Å². The maximum absolute atomic E-state index is 12.9. The van der Waals surface area contributed by atoms with Crippen molar-refractivity contribution in [3.05, 3.63) is 41.2 Å². The number of hydrogen-bond acceptors (Lipinski definition) is 4. The Morgan fingerprint density at radius 1 is 1.55 bits per heavy atom. The summed E-state index contributed by atoms with van der Waals surface area (Å²) in [6, 6.07) is 3.75. The van der Waals surface area contributed by atoms with Gasteiger partial charge in [0.1, 0.15) is 23.7 Å². The molecule has 0 saturated carbocycles. The van der Waals surface area contributed by atoms with Gasteiger partial charge in [-0.2, -0.15) is 0 Å². The van der Waals surface area contributed by atoms with E-state index >= 15 is 0 Å². The first-order chi connectivity index (χ1) is 10.5. The fourth-order valence-electron chi connectivity index (χ4n) is 1.79. The van der Waals surface area contributed by atoms with E-state index in [4.69, 9.17) is 16.3 Å². The van der Waals surface area contributed by atoms with E-state index in [9.17, 15) is 9.18 Å². The molecule has 6 nitrogen and oxygen atoms in total. The minimum Gasteiger partial charge on any atom is -0.479 e. The van der Waals surface area contributed by atoms with Gasteiger partial charge < -0.3 is 14.6 Å². The first kappa shape index (κ1) is 16.2. The molecule has 1 aromatic heterocycles. The maximum atomic E-state index is 12.9. The minimum absolute atomic E-state index is 0.125. The van der Waals surface area contributed by atoms with E-state index in [1.54, 1.807) is 13.3 Å². The first-order valence-electron chi connectivity index (χ1n) is 6.71. The summed E-state index contributed by atoms with van der Waals surface area (Å²) in [6.45, 7) is 4.41. The molecule has 0 bridgehead atoms. The number of carbonyl (C=O) groups is 1. The lowest BCUT2D eigenvalue weighted by Gasteiger charge is -2.15. The van der Waals surface area contributed by atoms with E-state index in [1.807, 2.05) is 11.5 Å². The molecule has 2 rings (SSSR count). The highest BCUT2D eigenvalue weighted by atomic mass is 35.5. The Labute approximate surface area is 132 Å². The van der Waals surface area contributed by atoms with Gasteiger partial charge in [-0.3, -0.25) is 4.79 Å². The highest BCUT2D eigenvalue weighted by molar-refractivity contribution is 6.32. The van der Waals surface area contributed by atoms with Gasteiger partial charge in [0.2, 0.25) is 0 Å². The number of aryl methyl sites for hydroxylation is 1. The second kappa shape index (κ2) is 7.22. The van der Waals surface area contributed by atoms with E-state index < -0.39 is 11.9 Å². The van der Waals surface area contributed by atoms with Crippen molar-refractivity contribution >= 4 is 17.5 Å². The molecule has 0 aliphatic heterocycles. The van der Waals surface area contributed by atoms with Crippen LogP contribution in [0.4, 0.5) is 4.39 Å². The molecule has 22 heavy (non-hydrogen) atoms. The number of amides is 1. The van der Waals surface area contributed by atoms with Gasteiger partial charge in [0.05, 0.1) is 5.02 Å². The Morgan fingerprint density at radius 2 is 2.32 bits per heavy atom. The van der Waals surface area contributed by atoms with Crippen molar-refractivity contribution in [3.63, 3.8) is 0 Å². The SMILES string of the molecule is Cc1nncn1CCNC(=O)[C@@H](C)Oc1ccc(F)cc1Cl. The van der Waals surface area contributed by atoms with Gasteiger partial charge in [-0.05, 0) is 32.0 Å². The van der Waals surface area contributed by atoms with Crippen LogP contribution in [0.3, 0.4) is 0 Å². The van der Waals surface area contributed by atoms with Crippen LogP contribution in [0, 0.1) is 12.7 Å². The van der Waals surface area contributed by atoms with E-state index in [2.05, 4.69) is 15.5 Å². The monoisotopic (exact) mass is 326 g/mol. The van der Waals surface area contributed by atoms with Crippen LogP contribution >= 0.6 is 11.6 Å². The van der Waals surface area contributed by atoms with Crippen LogP contribution in [-0.4, -0.2) is 33.3 Å². The largest absolute Gasteiger partial charge is 0.479 e. The highest BCUT2D eigenvalue weighted by Gasteiger charge is 2.16. The standard InChI is InChI=1S/C14H16ClFN4O2/c1-9(22-13-4-3-11(16)7-12(13)15)14(21)17-5-6-20-8-18-19-10(20)2/h3-4,7-9H,5-6H2,1-2H3,(H,17,21)/t9-/m1/s1. The summed E-state index contributed by atoms with van der Waals surface area (Å²) in [5.74, 6) is 0.293. The quantitative estimate of drug-likeness (QED) is 0.881. The Hall–Kier alpha value is -2.15. The molecular formula is C14H16ClFN4O2. The molecule has 1 aromatic carbocycles. The van der Waals surface area contributed by atoms with Gasteiger partial charge in [0.25, 0.3) is 5.91 Å². The minimum atomic E-state index is -0.745. The Bertz CT molecular complexity index is 662. The normalized spacial score (nSPS) is 12.0. The van der Waals surface area contributed by atoms with Crippen LogP contribution < -0.4 is 10.1 Å². The molecule has 118 valence electrons. The molecule has 2 aromatic rings. The number of carbonyl (C=O) groups excluding carboxylic acids is 1. The van der Waals surface area contributed by atoms with Gasteiger partial charge in [-0.1, -0.05) is 11.6 Å². The van der Waals surface area contributed by atoms with Crippen molar-refractivity contribution in [2.24, 2.45) is 0 Å². The Kier molecular flexibility index (Phi) is 5.32. The van der Waals surface area contributed by atoms with Crippen molar-refractivity contribution < 1.29 is 13.9 Å². The summed E-state index contributed by atoms with van der Waals surface area (Å²) >= 11 is 5.85. The van der Waals surface area contributed by atoms with Gasteiger partial charge in [-0.15, -0.1) is 10.2 Å². The summed E-state index contributed by atoms with van der Waals surface area (Å²) in [6.07, 6.45) is 0.852. The number of nitrogens with one attached hydrogen (secondary N) is 1. The molecule has 1 amide bonds. The average molecular weight is 327 g/mol. The first-order valence-corrected chi connectivity index (χ1v) is 7.09. The molecule has 0 spiro atoms. The number of nitrogens with zero attached hydrogens (tertiary/aromatic N) is 3. The third-order valence-corrected chi connectivity index (χ3v) is 3.32. The van der Waals surface area contributed by atoms with Gasteiger partial charge in [0, 0.05) is 13.1 Å². The molecular weight excluding hydrogens is 311 g/mol. The Balaban J connectivity index is 1.83. The average Bonchev–Trinajstić information content (AvgIpc) is 2.87. The van der Waals surface area contributed by atoms with Crippen LogP contribution in [0.15, 0.2) is 24.5 Å². The summed E-state index contributed by atoms with van der Waals surface area (Å²) in [5, 5.41) is 10.5. The van der Waals surface area contributed by atoms with E-state index in [1.165, 1.54) is 12.1 Å². The van der Waals surface area contributed by atoms with Crippen molar-refractivity contribution in [2.75, 3.05) is 6.54 Å². The van der Waals surface area contributed by atoms with Gasteiger partial charge >= 0.3 is 0 Å². The molecule has 1 N–H and O–H groups in total. The van der Waals surface area contributed by atoms with Crippen molar-refractivity contribution in [1.29, 1.82) is 0 Å². The second-order valence-corrected chi connectivity index (χ2v) is 5.10. The van der Waals surface area contributed by atoms with Crippen molar-refractivity contribution in [2.45, 2.75) is 26.5 Å². The molecule has 1 atom stereocenters. The van der Waals surface area contributed by atoms with Gasteiger partial charge in [-0.25, -0.2) is 4.39 Å². The summed E-state index contributed by atoms with van der Waals surface area (Å²) in [7, 11) is 0. The number of hydrogen-bond donors (Lipinski definition) is 1. The van der Waals surface area contributed by atoms with Crippen LogP contribution in [0.1, 0.15) is 12.7 Å². The smallest absolute Gasteiger partial charge is 0.260 e. The van der Waals surface area contributed by atoms with E-state index in [0.29, 0.717) is 13.1 Å². The predicted octanol–water partition coefficient (Wildman–Crippen LogP) is 1.96. The lowest BCUT2D eigenvalue weighted by molar-refractivity contribution is -0.127. The zero-order valence-corrected chi connectivity index (χ0v) is 13.0. The number of aromatic nitrogens is 3. The van der Waals surface area contributed by atoms with Crippen LogP contribution in [0.2, 0.25) is 5.02 Å². The molecule has 0 fully saturated rings. The lowest BCUT2D eigenvalue weighted by atomic mass is 10.3. The summed E-state index contributed by atoms with van der Waals surface area (Å²) < 4.78 is 20.2. The fraction of sp³-hybridized carbons (Fsp3) is 0.357. The second-order valence-electron chi connectivity index (χ2n) is 4.70. The molecule has 1 heterocycles. The van der Waals surface area contributed by atoms with Gasteiger partial charge in [0.15, 0.2) is 6.10 Å². The van der Waals surface area contributed by atoms with Crippen LogP contribution in [0.5, 0.6) is 5.75 Å². The van der Waals surface area contributed by atoms with Crippen LogP contribution in [-0.2, 0) is 11.3 Å². The number of ether oxygens (including phenoxy) is 1. The van der Waals surface area contributed by atoms with E-state index in [0.717, 1.165) is 11.9 Å². The van der Waals surface area contributed by atoms with Crippen LogP contribution in [0.25, 0.3) is 0 Å². The predicted molar refractivity (Wildman–Crippen MR) is 79.3 cm³/mol. The fourth-order valence-corrected chi connectivity index (χ4v) is 2.00. The third kappa shape index (κ3) is 4.17.